The molecule has 2 aromatic carbocycles. The van der Waals surface area contributed by atoms with Gasteiger partial charge in [0, 0.05) is 11.9 Å². The number of hydrogen-bond donors (Lipinski definition) is 3. The van der Waals surface area contributed by atoms with Crippen LogP contribution in [0.3, 0.4) is 0 Å². The minimum Gasteiger partial charge on any atom is -0.478 e. The molecule has 0 unspecified atom stereocenters. The van der Waals surface area contributed by atoms with Gasteiger partial charge in [-0.2, -0.15) is 0 Å². The van der Waals surface area contributed by atoms with Crippen LogP contribution >= 0.6 is 0 Å². The molecule has 6 nitrogen and oxygen atoms in total. The number of anilines is 3. The van der Waals surface area contributed by atoms with E-state index in [2.05, 4.69) is 15.6 Å². The molecule has 0 aliphatic carbocycles. The van der Waals surface area contributed by atoms with Crippen LogP contribution in [0.15, 0.2) is 48.8 Å². The maximum atomic E-state index is 14.8. The van der Waals surface area contributed by atoms with Crippen LogP contribution < -0.4 is 10.6 Å². The molecular formula is C21H17F2N3O3. The molecule has 0 saturated carbocycles. The summed E-state index contributed by atoms with van der Waals surface area (Å²) in [6.45, 7) is 3.62. The van der Waals surface area contributed by atoms with Gasteiger partial charge in [-0.1, -0.05) is 17.7 Å². The van der Waals surface area contributed by atoms with Crippen molar-refractivity contribution in [1.29, 1.82) is 0 Å². The first-order valence-corrected chi connectivity index (χ1v) is 8.59. The molecular weight excluding hydrogens is 380 g/mol. The van der Waals surface area contributed by atoms with Gasteiger partial charge in [0.2, 0.25) is 0 Å². The highest BCUT2D eigenvalue weighted by molar-refractivity contribution is 6.07. The van der Waals surface area contributed by atoms with Crippen LogP contribution in [-0.4, -0.2) is 22.0 Å². The highest BCUT2D eigenvalue weighted by atomic mass is 19.2. The molecule has 8 heteroatoms. The number of nitrogens with zero attached hydrogens (tertiary/aromatic N) is 1. The summed E-state index contributed by atoms with van der Waals surface area (Å²) in [5.41, 5.74) is 0.505. The molecule has 0 aliphatic heterocycles. The summed E-state index contributed by atoms with van der Waals surface area (Å²) < 4.78 is 29.4. The predicted octanol–water partition coefficient (Wildman–Crippen LogP) is 4.67. The summed E-state index contributed by atoms with van der Waals surface area (Å²) in [6.07, 6.45) is 2.80. The fourth-order valence-corrected chi connectivity index (χ4v) is 2.81. The number of benzene rings is 2. The van der Waals surface area contributed by atoms with Crippen molar-refractivity contribution in [1.82, 2.24) is 4.98 Å². The van der Waals surface area contributed by atoms with Crippen LogP contribution in [0.1, 0.15) is 31.8 Å². The van der Waals surface area contributed by atoms with E-state index >= 15 is 0 Å². The van der Waals surface area contributed by atoms with Crippen LogP contribution in [0.25, 0.3) is 0 Å². The molecule has 1 heterocycles. The number of halogens is 2. The lowest BCUT2D eigenvalue weighted by atomic mass is 10.0. The van der Waals surface area contributed by atoms with E-state index in [9.17, 15) is 23.5 Å². The molecule has 0 atom stereocenters. The second-order valence-corrected chi connectivity index (χ2v) is 6.42. The van der Waals surface area contributed by atoms with Crippen LogP contribution in [0, 0.1) is 25.5 Å². The smallest absolute Gasteiger partial charge is 0.337 e. The molecule has 0 fully saturated rings. The molecule has 0 aliphatic rings. The van der Waals surface area contributed by atoms with Gasteiger partial charge in [-0.3, -0.25) is 9.78 Å². The number of carbonyl (C=O) groups is 2. The number of pyridine rings is 1. The first-order chi connectivity index (χ1) is 13.8. The molecule has 1 aromatic heterocycles. The van der Waals surface area contributed by atoms with E-state index in [4.69, 9.17) is 0 Å². The van der Waals surface area contributed by atoms with E-state index in [1.807, 2.05) is 13.0 Å². The second kappa shape index (κ2) is 8.05. The fourth-order valence-electron chi connectivity index (χ4n) is 2.81. The SMILES string of the molecule is Cc1ccc(Nc2c(C(=O)O)cc(C(=O)Nc3cccnc3)c(F)c2F)c(C)c1. The van der Waals surface area contributed by atoms with Crippen LogP contribution in [0.5, 0.6) is 0 Å². The third-order valence-corrected chi connectivity index (χ3v) is 4.24. The topological polar surface area (TPSA) is 91.3 Å². The van der Waals surface area contributed by atoms with E-state index in [0.29, 0.717) is 5.69 Å². The zero-order valence-electron chi connectivity index (χ0n) is 15.6. The van der Waals surface area contributed by atoms with Crippen molar-refractivity contribution < 1.29 is 23.5 Å². The molecule has 0 bridgehead atoms. The van der Waals surface area contributed by atoms with E-state index in [1.54, 1.807) is 25.1 Å². The van der Waals surface area contributed by atoms with E-state index in [0.717, 1.165) is 17.2 Å². The van der Waals surface area contributed by atoms with E-state index in [-0.39, 0.29) is 5.69 Å². The highest BCUT2D eigenvalue weighted by Gasteiger charge is 2.26. The van der Waals surface area contributed by atoms with Gasteiger partial charge in [-0.05, 0) is 43.7 Å². The van der Waals surface area contributed by atoms with Gasteiger partial charge >= 0.3 is 5.97 Å². The molecule has 3 rings (SSSR count). The Bertz CT molecular complexity index is 1100. The van der Waals surface area contributed by atoms with Crippen molar-refractivity contribution >= 4 is 28.9 Å². The number of nitrogens with one attached hydrogen (secondary N) is 2. The van der Waals surface area contributed by atoms with Gasteiger partial charge in [-0.15, -0.1) is 0 Å². The van der Waals surface area contributed by atoms with Gasteiger partial charge in [-0.25, -0.2) is 13.6 Å². The maximum Gasteiger partial charge on any atom is 0.337 e. The minimum absolute atomic E-state index is 0.256. The molecule has 3 aromatic rings. The van der Waals surface area contributed by atoms with Crippen LogP contribution in [-0.2, 0) is 0 Å². The Balaban J connectivity index is 2.04. The number of hydrogen-bond acceptors (Lipinski definition) is 4. The molecule has 148 valence electrons. The van der Waals surface area contributed by atoms with Gasteiger partial charge in [0.1, 0.15) is 0 Å². The maximum absolute atomic E-state index is 14.8. The standard InChI is InChI=1S/C21H17F2N3O3/c1-11-5-6-16(12(2)8-11)26-19-15(21(28)29)9-14(17(22)18(19)23)20(27)25-13-4-3-7-24-10-13/h3-10,26H,1-2H3,(H,25,27)(H,28,29). The fraction of sp³-hybridized carbons (Fsp3) is 0.0952. The number of aromatic nitrogens is 1. The Hall–Kier alpha value is -3.81. The minimum atomic E-state index is -1.51. The first-order valence-electron chi connectivity index (χ1n) is 8.59. The van der Waals surface area contributed by atoms with Crippen molar-refractivity contribution in [3.8, 4) is 0 Å². The molecule has 0 radical (unpaired) electrons. The molecule has 1 amide bonds. The molecule has 0 saturated heterocycles. The monoisotopic (exact) mass is 397 g/mol. The lowest BCUT2D eigenvalue weighted by Crippen LogP contribution is -2.18. The normalized spacial score (nSPS) is 10.5. The number of amides is 1. The Labute approximate surface area is 165 Å². The summed E-state index contributed by atoms with van der Waals surface area (Å²) in [7, 11) is 0. The van der Waals surface area contributed by atoms with Crippen molar-refractivity contribution in [3.63, 3.8) is 0 Å². The lowest BCUT2D eigenvalue weighted by molar-refractivity contribution is 0.0697. The Kier molecular flexibility index (Phi) is 5.54. The molecule has 29 heavy (non-hydrogen) atoms. The van der Waals surface area contributed by atoms with Gasteiger partial charge in [0.05, 0.1) is 28.7 Å². The largest absolute Gasteiger partial charge is 0.478 e. The number of carbonyl (C=O) groups excluding carboxylic acids is 1. The van der Waals surface area contributed by atoms with Crippen molar-refractivity contribution in [3.05, 3.63) is 82.7 Å². The Morgan fingerprint density at radius 3 is 2.41 bits per heavy atom. The van der Waals surface area contributed by atoms with Crippen LogP contribution in [0.4, 0.5) is 25.8 Å². The Morgan fingerprint density at radius 1 is 1.03 bits per heavy atom. The molecule has 0 spiro atoms. The van der Waals surface area contributed by atoms with Gasteiger partial charge < -0.3 is 15.7 Å². The van der Waals surface area contributed by atoms with Gasteiger partial charge in [0.15, 0.2) is 11.6 Å². The number of carboxylic acids is 1. The van der Waals surface area contributed by atoms with E-state index < -0.39 is 40.3 Å². The summed E-state index contributed by atoms with van der Waals surface area (Å²) in [5.74, 6) is -5.41. The number of carboxylic acid groups (broad SMARTS) is 1. The predicted molar refractivity (Wildman–Crippen MR) is 105 cm³/mol. The zero-order valence-corrected chi connectivity index (χ0v) is 15.6. The zero-order chi connectivity index (χ0) is 21.1. The van der Waals surface area contributed by atoms with Crippen molar-refractivity contribution in [2.24, 2.45) is 0 Å². The quantitative estimate of drug-likeness (QED) is 0.582. The average Bonchev–Trinajstić information content (AvgIpc) is 2.68. The number of aromatic carboxylic acids is 1. The number of aryl methyl sites for hydroxylation is 2. The van der Waals surface area contributed by atoms with Crippen molar-refractivity contribution in [2.75, 3.05) is 10.6 Å². The first kappa shape index (κ1) is 19.9. The summed E-state index contributed by atoms with van der Waals surface area (Å²) in [6, 6.07) is 9.06. The second-order valence-electron chi connectivity index (χ2n) is 6.42. The molecule has 3 N–H and O–H groups in total. The summed E-state index contributed by atoms with van der Waals surface area (Å²) in [4.78, 5) is 27.8. The highest BCUT2D eigenvalue weighted by Crippen LogP contribution is 2.31. The van der Waals surface area contributed by atoms with Crippen molar-refractivity contribution in [2.45, 2.75) is 13.8 Å². The lowest BCUT2D eigenvalue weighted by Gasteiger charge is -2.16. The third kappa shape index (κ3) is 4.21. The average molecular weight is 397 g/mol. The summed E-state index contributed by atoms with van der Waals surface area (Å²) >= 11 is 0. The van der Waals surface area contributed by atoms with E-state index in [1.165, 1.54) is 18.5 Å². The summed E-state index contributed by atoms with van der Waals surface area (Å²) in [5, 5.41) is 14.5. The number of rotatable bonds is 5. The Morgan fingerprint density at radius 2 is 1.79 bits per heavy atom. The van der Waals surface area contributed by atoms with Gasteiger partial charge in [0.25, 0.3) is 5.91 Å². The van der Waals surface area contributed by atoms with Crippen LogP contribution in [0.2, 0.25) is 0 Å². The third-order valence-electron chi connectivity index (χ3n) is 4.24.